The van der Waals surface area contributed by atoms with Crippen molar-refractivity contribution in [1.82, 2.24) is 9.88 Å². The smallest absolute Gasteiger partial charge is 0.247 e. The fourth-order valence-electron chi connectivity index (χ4n) is 3.04. The first-order chi connectivity index (χ1) is 12.6. The molecule has 0 aliphatic carbocycles. The Bertz CT molecular complexity index is 777. The summed E-state index contributed by atoms with van der Waals surface area (Å²) in [5, 5.41) is 2.92. The number of carbonyl (C=O) groups is 2. The van der Waals surface area contributed by atoms with E-state index in [9.17, 15) is 9.59 Å². The van der Waals surface area contributed by atoms with Gasteiger partial charge in [-0.15, -0.1) is 0 Å². The number of rotatable bonds is 5. The van der Waals surface area contributed by atoms with Gasteiger partial charge in [0, 0.05) is 18.7 Å². The molecule has 3 rings (SSSR count). The summed E-state index contributed by atoms with van der Waals surface area (Å²) in [7, 11) is 0. The quantitative estimate of drug-likeness (QED) is 0.893. The second kappa shape index (κ2) is 7.99. The second-order valence-corrected chi connectivity index (χ2v) is 6.62. The number of ether oxygens (including phenoxy) is 1. The van der Waals surface area contributed by atoms with E-state index in [-0.39, 0.29) is 17.7 Å². The molecule has 6 heteroatoms. The summed E-state index contributed by atoms with van der Waals surface area (Å²) in [6.45, 7) is 4.34. The van der Waals surface area contributed by atoms with E-state index in [0.29, 0.717) is 30.2 Å². The highest BCUT2D eigenvalue weighted by Crippen LogP contribution is 2.30. The normalized spacial score (nSPS) is 16.6. The lowest BCUT2D eigenvalue weighted by Gasteiger charge is -2.26. The van der Waals surface area contributed by atoms with Crippen LogP contribution in [0.25, 0.3) is 0 Å². The van der Waals surface area contributed by atoms with Gasteiger partial charge in [-0.3, -0.25) is 14.6 Å². The largest absolute Gasteiger partial charge is 0.454 e. The fourth-order valence-corrected chi connectivity index (χ4v) is 3.04. The van der Waals surface area contributed by atoms with Crippen molar-refractivity contribution >= 4 is 17.5 Å². The minimum Gasteiger partial charge on any atom is -0.454 e. The van der Waals surface area contributed by atoms with Crippen molar-refractivity contribution in [1.29, 1.82) is 0 Å². The van der Waals surface area contributed by atoms with Gasteiger partial charge in [0.1, 0.15) is 11.8 Å². The molecular weight excluding hydrogens is 330 g/mol. The SMILES string of the molecule is CC(C)C(=O)N1CCC[C@@H]1C(=O)Nc1ccccc1Oc1cccnc1. The van der Waals surface area contributed by atoms with Crippen molar-refractivity contribution in [2.45, 2.75) is 32.7 Å². The lowest BCUT2D eigenvalue weighted by molar-refractivity contribution is -0.139. The van der Waals surface area contributed by atoms with Gasteiger partial charge < -0.3 is 15.0 Å². The molecule has 0 bridgehead atoms. The maximum Gasteiger partial charge on any atom is 0.247 e. The van der Waals surface area contributed by atoms with Crippen molar-refractivity contribution in [3.8, 4) is 11.5 Å². The van der Waals surface area contributed by atoms with Gasteiger partial charge in [0.05, 0.1) is 11.9 Å². The molecule has 6 nitrogen and oxygen atoms in total. The third kappa shape index (κ3) is 4.02. The van der Waals surface area contributed by atoms with Gasteiger partial charge in [-0.05, 0) is 37.1 Å². The summed E-state index contributed by atoms with van der Waals surface area (Å²) in [6, 6.07) is 10.4. The highest BCUT2D eigenvalue weighted by Gasteiger charge is 2.35. The highest BCUT2D eigenvalue weighted by atomic mass is 16.5. The molecule has 1 atom stereocenters. The Morgan fingerprint density at radius 3 is 2.77 bits per heavy atom. The first kappa shape index (κ1) is 17.9. The number of aromatic nitrogens is 1. The number of hydrogen-bond donors (Lipinski definition) is 1. The zero-order chi connectivity index (χ0) is 18.5. The number of nitrogens with zero attached hydrogens (tertiary/aromatic N) is 2. The first-order valence-electron chi connectivity index (χ1n) is 8.84. The maximum atomic E-state index is 12.8. The third-order valence-corrected chi connectivity index (χ3v) is 4.34. The van der Waals surface area contributed by atoms with E-state index in [1.54, 1.807) is 41.6 Å². The summed E-state index contributed by atoms with van der Waals surface area (Å²) in [5.74, 6) is 0.839. The number of carbonyl (C=O) groups excluding carboxylic acids is 2. The number of pyridine rings is 1. The zero-order valence-electron chi connectivity index (χ0n) is 15.0. The van der Waals surface area contributed by atoms with Gasteiger partial charge >= 0.3 is 0 Å². The molecule has 1 fully saturated rings. The molecule has 0 unspecified atom stereocenters. The molecule has 2 amide bonds. The molecule has 1 aliphatic heterocycles. The van der Waals surface area contributed by atoms with Gasteiger partial charge in [0.25, 0.3) is 0 Å². The van der Waals surface area contributed by atoms with E-state index in [4.69, 9.17) is 4.74 Å². The Labute approximate surface area is 153 Å². The van der Waals surface area contributed by atoms with E-state index < -0.39 is 6.04 Å². The van der Waals surface area contributed by atoms with Crippen LogP contribution in [0.2, 0.25) is 0 Å². The number of likely N-dealkylation sites (tertiary alicyclic amines) is 1. The molecule has 2 aromatic rings. The topological polar surface area (TPSA) is 71.5 Å². The molecule has 1 aromatic heterocycles. The minimum absolute atomic E-state index is 0.0162. The summed E-state index contributed by atoms with van der Waals surface area (Å²) in [5.41, 5.74) is 0.574. The van der Waals surface area contributed by atoms with Crippen LogP contribution < -0.4 is 10.1 Å². The molecule has 1 N–H and O–H groups in total. The lowest BCUT2D eigenvalue weighted by atomic mass is 10.1. The van der Waals surface area contributed by atoms with Crippen molar-refractivity contribution in [2.75, 3.05) is 11.9 Å². The summed E-state index contributed by atoms with van der Waals surface area (Å²) in [4.78, 5) is 30.8. The molecule has 2 heterocycles. The third-order valence-electron chi connectivity index (χ3n) is 4.34. The Morgan fingerprint density at radius 1 is 1.23 bits per heavy atom. The van der Waals surface area contributed by atoms with E-state index in [1.165, 1.54) is 0 Å². The molecule has 0 radical (unpaired) electrons. The van der Waals surface area contributed by atoms with Crippen LogP contribution in [0, 0.1) is 5.92 Å². The predicted molar refractivity (Wildman–Crippen MR) is 99.0 cm³/mol. The van der Waals surface area contributed by atoms with E-state index in [2.05, 4.69) is 10.3 Å². The monoisotopic (exact) mass is 353 g/mol. The standard InChI is InChI=1S/C20H23N3O3/c1-14(2)20(25)23-12-6-9-17(23)19(24)22-16-8-3-4-10-18(16)26-15-7-5-11-21-13-15/h3-5,7-8,10-11,13-14,17H,6,9,12H2,1-2H3,(H,22,24)/t17-/m1/s1. The molecule has 1 aliphatic rings. The average Bonchev–Trinajstić information content (AvgIpc) is 3.13. The average molecular weight is 353 g/mol. The Morgan fingerprint density at radius 2 is 2.04 bits per heavy atom. The van der Waals surface area contributed by atoms with Crippen LogP contribution in [0.5, 0.6) is 11.5 Å². The number of para-hydroxylation sites is 2. The van der Waals surface area contributed by atoms with Crippen LogP contribution in [0.3, 0.4) is 0 Å². The molecule has 0 spiro atoms. The molecular formula is C20H23N3O3. The Hall–Kier alpha value is -2.89. The van der Waals surface area contributed by atoms with E-state index >= 15 is 0 Å². The van der Waals surface area contributed by atoms with Crippen molar-refractivity contribution in [3.63, 3.8) is 0 Å². The Kier molecular flexibility index (Phi) is 5.51. The predicted octanol–water partition coefficient (Wildman–Crippen LogP) is 3.46. The molecule has 1 saturated heterocycles. The number of amides is 2. The number of benzene rings is 1. The molecule has 26 heavy (non-hydrogen) atoms. The molecule has 1 aromatic carbocycles. The van der Waals surface area contributed by atoms with Crippen LogP contribution in [-0.4, -0.2) is 34.3 Å². The van der Waals surface area contributed by atoms with Crippen molar-refractivity contribution < 1.29 is 14.3 Å². The number of nitrogens with one attached hydrogen (secondary N) is 1. The van der Waals surface area contributed by atoms with Gasteiger partial charge in [-0.2, -0.15) is 0 Å². The van der Waals surface area contributed by atoms with Crippen LogP contribution in [0.1, 0.15) is 26.7 Å². The number of anilines is 1. The second-order valence-electron chi connectivity index (χ2n) is 6.62. The first-order valence-corrected chi connectivity index (χ1v) is 8.84. The van der Waals surface area contributed by atoms with Gasteiger partial charge in [-0.25, -0.2) is 0 Å². The fraction of sp³-hybridized carbons (Fsp3) is 0.350. The lowest BCUT2D eigenvalue weighted by Crippen LogP contribution is -2.44. The molecule has 0 saturated carbocycles. The van der Waals surface area contributed by atoms with Crippen molar-refractivity contribution in [3.05, 3.63) is 48.8 Å². The van der Waals surface area contributed by atoms with Gasteiger partial charge in [-0.1, -0.05) is 26.0 Å². The van der Waals surface area contributed by atoms with Gasteiger partial charge in [0.15, 0.2) is 5.75 Å². The highest BCUT2D eigenvalue weighted by molar-refractivity contribution is 5.98. The number of hydrogen-bond acceptors (Lipinski definition) is 4. The van der Waals surface area contributed by atoms with E-state index in [0.717, 1.165) is 6.42 Å². The van der Waals surface area contributed by atoms with Gasteiger partial charge in [0.2, 0.25) is 11.8 Å². The van der Waals surface area contributed by atoms with Crippen LogP contribution >= 0.6 is 0 Å². The van der Waals surface area contributed by atoms with Crippen LogP contribution in [-0.2, 0) is 9.59 Å². The summed E-state index contributed by atoms with van der Waals surface area (Å²) < 4.78 is 5.83. The minimum atomic E-state index is -0.434. The van der Waals surface area contributed by atoms with Crippen molar-refractivity contribution in [2.24, 2.45) is 5.92 Å². The van der Waals surface area contributed by atoms with E-state index in [1.807, 2.05) is 26.0 Å². The summed E-state index contributed by atoms with van der Waals surface area (Å²) >= 11 is 0. The van der Waals surface area contributed by atoms with Crippen LogP contribution in [0.15, 0.2) is 48.8 Å². The summed E-state index contributed by atoms with van der Waals surface area (Å²) in [6.07, 6.45) is 4.79. The maximum absolute atomic E-state index is 12.8. The Balaban J connectivity index is 1.74. The van der Waals surface area contributed by atoms with Crippen LogP contribution in [0.4, 0.5) is 5.69 Å². The zero-order valence-corrected chi connectivity index (χ0v) is 15.0. The molecule has 136 valence electrons.